The second kappa shape index (κ2) is 9.62. The number of anilines is 1. The van der Waals surface area contributed by atoms with Gasteiger partial charge in [-0.1, -0.05) is 0 Å². The lowest BCUT2D eigenvalue weighted by Crippen LogP contribution is -2.22. The van der Waals surface area contributed by atoms with Crippen LogP contribution in [-0.4, -0.2) is 41.8 Å². The van der Waals surface area contributed by atoms with Crippen molar-refractivity contribution in [1.29, 1.82) is 0 Å². The molecule has 0 radical (unpaired) electrons. The Balaban J connectivity index is 1.53. The molecule has 1 amide bonds. The van der Waals surface area contributed by atoms with Gasteiger partial charge in [-0.15, -0.1) is 0 Å². The summed E-state index contributed by atoms with van der Waals surface area (Å²) in [6, 6.07) is 12.2. The number of hydrogen-bond acceptors (Lipinski definition) is 7. The lowest BCUT2D eigenvalue weighted by atomic mass is 10.1. The SMILES string of the molecule is COc1cc(CC(=O)Nc2ccc(-n3c(C)nc4ccncc4c3=O)cc2)cc(OC)c1OC. The van der Waals surface area contributed by atoms with Crippen LogP contribution in [0.4, 0.5) is 5.69 Å². The number of methoxy groups -OCH3 is 3. The van der Waals surface area contributed by atoms with E-state index >= 15 is 0 Å². The van der Waals surface area contributed by atoms with Crippen LogP contribution in [0.15, 0.2) is 59.7 Å². The smallest absolute Gasteiger partial charge is 0.267 e. The summed E-state index contributed by atoms with van der Waals surface area (Å²) in [6.07, 6.45) is 3.23. The van der Waals surface area contributed by atoms with E-state index in [0.29, 0.717) is 50.9 Å². The lowest BCUT2D eigenvalue weighted by Gasteiger charge is -2.14. The highest BCUT2D eigenvalue weighted by Gasteiger charge is 2.15. The summed E-state index contributed by atoms with van der Waals surface area (Å²) < 4.78 is 17.5. The number of pyridine rings is 1. The van der Waals surface area contributed by atoms with E-state index in [4.69, 9.17) is 14.2 Å². The van der Waals surface area contributed by atoms with E-state index < -0.39 is 0 Å². The van der Waals surface area contributed by atoms with Crippen molar-refractivity contribution in [2.75, 3.05) is 26.6 Å². The maximum absolute atomic E-state index is 12.9. The Labute approximate surface area is 195 Å². The van der Waals surface area contributed by atoms with Crippen molar-refractivity contribution in [3.8, 4) is 22.9 Å². The summed E-state index contributed by atoms with van der Waals surface area (Å²) in [6.45, 7) is 1.77. The number of nitrogens with zero attached hydrogens (tertiary/aromatic N) is 3. The normalized spacial score (nSPS) is 10.7. The van der Waals surface area contributed by atoms with E-state index in [1.165, 1.54) is 32.1 Å². The molecule has 1 N–H and O–H groups in total. The molecule has 9 nitrogen and oxygen atoms in total. The molecule has 0 atom stereocenters. The molecule has 2 aromatic carbocycles. The van der Waals surface area contributed by atoms with Crippen molar-refractivity contribution >= 4 is 22.5 Å². The first kappa shape index (κ1) is 22.8. The molecule has 0 fully saturated rings. The Morgan fingerprint density at radius 2 is 1.68 bits per heavy atom. The highest BCUT2D eigenvalue weighted by molar-refractivity contribution is 5.92. The van der Waals surface area contributed by atoms with E-state index in [1.807, 2.05) is 0 Å². The third-order valence-corrected chi connectivity index (χ3v) is 5.34. The third-order valence-electron chi connectivity index (χ3n) is 5.34. The number of carbonyl (C=O) groups excluding carboxylic acids is 1. The van der Waals surface area contributed by atoms with E-state index in [9.17, 15) is 9.59 Å². The summed E-state index contributed by atoms with van der Waals surface area (Å²) in [5, 5.41) is 3.31. The van der Waals surface area contributed by atoms with E-state index in [0.717, 1.165) is 0 Å². The fraction of sp³-hybridized carbons (Fsp3) is 0.200. The molecule has 0 saturated carbocycles. The number of nitrogens with one attached hydrogen (secondary N) is 1. The van der Waals surface area contributed by atoms with Gasteiger partial charge in [0.15, 0.2) is 11.5 Å². The zero-order valence-corrected chi connectivity index (χ0v) is 19.3. The van der Waals surface area contributed by atoms with Crippen LogP contribution in [0.1, 0.15) is 11.4 Å². The summed E-state index contributed by atoms with van der Waals surface area (Å²) in [4.78, 5) is 34.1. The van der Waals surface area contributed by atoms with Crippen LogP contribution in [-0.2, 0) is 11.2 Å². The van der Waals surface area contributed by atoms with Crippen LogP contribution >= 0.6 is 0 Å². The summed E-state index contributed by atoms with van der Waals surface area (Å²) >= 11 is 0. The molecule has 0 bridgehead atoms. The van der Waals surface area contributed by atoms with Gasteiger partial charge in [0.25, 0.3) is 5.56 Å². The maximum Gasteiger partial charge on any atom is 0.267 e. The van der Waals surface area contributed by atoms with Gasteiger partial charge < -0.3 is 19.5 Å². The third kappa shape index (κ3) is 4.40. The molecule has 174 valence electrons. The molecule has 2 aromatic heterocycles. The molecule has 0 aliphatic rings. The molecule has 0 aliphatic carbocycles. The topological polar surface area (TPSA) is 105 Å². The largest absolute Gasteiger partial charge is 0.493 e. The zero-order chi connectivity index (χ0) is 24.2. The maximum atomic E-state index is 12.9. The fourth-order valence-corrected chi connectivity index (χ4v) is 3.77. The van der Waals surface area contributed by atoms with Gasteiger partial charge in [-0.3, -0.25) is 19.1 Å². The minimum absolute atomic E-state index is 0.110. The van der Waals surface area contributed by atoms with Gasteiger partial charge in [-0.2, -0.15) is 0 Å². The quantitative estimate of drug-likeness (QED) is 0.451. The van der Waals surface area contributed by atoms with Crippen molar-refractivity contribution in [1.82, 2.24) is 14.5 Å². The molecule has 0 saturated heterocycles. The highest BCUT2D eigenvalue weighted by Crippen LogP contribution is 2.38. The van der Waals surface area contributed by atoms with Crippen molar-refractivity contribution in [2.24, 2.45) is 0 Å². The second-order valence-electron chi connectivity index (χ2n) is 7.50. The molecule has 2 heterocycles. The van der Waals surface area contributed by atoms with Crippen molar-refractivity contribution in [2.45, 2.75) is 13.3 Å². The Morgan fingerprint density at radius 3 is 2.29 bits per heavy atom. The number of amides is 1. The van der Waals surface area contributed by atoms with E-state index in [2.05, 4.69) is 15.3 Å². The molecule has 0 aliphatic heterocycles. The first-order valence-corrected chi connectivity index (χ1v) is 10.5. The highest BCUT2D eigenvalue weighted by atomic mass is 16.5. The molecular weight excluding hydrogens is 436 g/mol. The van der Waals surface area contributed by atoms with Crippen LogP contribution in [0.5, 0.6) is 17.2 Å². The van der Waals surface area contributed by atoms with Crippen LogP contribution in [0.25, 0.3) is 16.6 Å². The van der Waals surface area contributed by atoms with Crippen LogP contribution in [0.2, 0.25) is 0 Å². The average Bonchev–Trinajstić information content (AvgIpc) is 2.84. The standard InChI is InChI=1S/C25H24N4O5/c1-15-27-20-9-10-26-14-19(20)25(31)29(15)18-7-5-17(6-8-18)28-23(30)13-16-11-21(32-2)24(34-4)22(12-16)33-3/h5-12,14H,13H2,1-4H3,(H,28,30). The summed E-state index contributed by atoms with van der Waals surface area (Å²) in [7, 11) is 4.57. The minimum atomic E-state index is -0.214. The number of benzene rings is 2. The van der Waals surface area contributed by atoms with Crippen molar-refractivity contribution in [3.05, 3.63) is 76.6 Å². The van der Waals surface area contributed by atoms with E-state index in [1.54, 1.807) is 55.6 Å². The molecule has 4 aromatic rings. The fourth-order valence-electron chi connectivity index (χ4n) is 3.77. The Morgan fingerprint density at radius 1 is 1.00 bits per heavy atom. The Kier molecular flexibility index (Phi) is 6.44. The molecule has 0 unspecified atom stereocenters. The average molecular weight is 460 g/mol. The van der Waals surface area contributed by atoms with Gasteiger partial charge in [0.05, 0.1) is 44.3 Å². The predicted octanol–water partition coefficient (Wildman–Crippen LogP) is 3.30. The summed E-state index contributed by atoms with van der Waals surface area (Å²) in [5.41, 5.74) is 2.35. The number of aromatic nitrogens is 3. The molecule has 0 spiro atoms. The van der Waals surface area contributed by atoms with Gasteiger partial charge in [0.1, 0.15) is 5.82 Å². The number of carbonyl (C=O) groups is 1. The number of fused-ring (bicyclic) bond motifs is 1. The van der Waals surface area contributed by atoms with Crippen LogP contribution in [0, 0.1) is 6.92 Å². The number of hydrogen-bond donors (Lipinski definition) is 1. The van der Waals surface area contributed by atoms with Gasteiger partial charge in [0, 0.05) is 18.1 Å². The van der Waals surface area contributed by atoms with Crippen molar-refractivity contribution < 1.29 is 19.0 Å². The van der Waals surface area contributed by atoms with Gasteiger partial charge in [0.2, 0.25) is 11.7 Å². The first-order valence-electron chi connectivity index (χ1n) is 10.5. The first-order chi connectivity index (χ1) is 16.4. The molecule has 4 rings (SSSR count). The molecular formula is C25H24N4O5. The number of rotatable bonds is 7. The minimum Gasteiger partial charge on any atom is -0.493 e. The monoisotopic (exact) mass is 460 g/mol. The number of aryl methyl sites for hydroxylation is 1. The van der Waals surface area contributed by atoms with E-state index in [-0.39, 0.29) is 17.9 Å². The van der Waals surface area contributed by atoms with Gasteiger partial charge in [-0.25, -0.2) is 4.98 Å². The van der Waals surface area contributed by atoms with Crippen LogP contribution < -0.4 is 25.1 Å². The Hall–Kier alpha value is -4.40. The van der Waals surface area contributed by atoms with Crippen LogP contribution in [0.3, 0.4) is 0 Å². The predicted molar refractivity (Wildman–Crippen MR) is 128 cm³/mol. The van der Waals surface area contributed by atoms with Gasteiger partial charge >= 0.3 is 0 Å². The molecule has 9 heteroatoms. The Bertz CT molecular complexity index is 1390. The molecule has 34 heavy (non-hydrogen) atoms. The van der Waals surface area contributed by atoms with Gasteiger partial charge in [-0.05, 0) is 55.0 Å². The second-order valence-corrected chi connectivity index (χ2v) is 7.50. The zero-order valence-electron chi connectivity index (χ0n) is 19.3. The number of ether oxygens (including phenoxy) is 3. The lowest BCUT2D eigenvalue weighted by molar-refractivity contribution is -0.115. The van der Waals surface area contributed by atoms with Crippen molar-refractivity contribution in [3.63, 3.8) is 0 Å². The summed E-state index contributed by atoms with van der Waals surface area (Å²) in [5.74, 6) is 1.77.